The first-order valence-electron chi connectivity index (χ1n) is 6.15. The zero-order valence-corrected chi connectivity index (χ0v) is 12.1. The Morgan fingerprint density at radius 2 is 2.11 bits per heavy atom. The molecule has 2 rings (SSSR count). The van der Waals surface area contributed by atoms with Crippen molar-refractivity contribution in [3.05, 3.63) is 33.8 Å². The smallest absolute Gasteiger partial charge is 0.325 e. The largest absolute Gasteiger partial charge is 0.480 e. The van der Waals surface area contributed by atoms with Crippen molar-refractivity contribution >= 4 is 29.2 Å². The van der Waals surface area contributed by atoms with Crippen LogP contribution in [0.15, 0.2) is 18.2 Å². The van der Waals surface area contributed by atoms with Gasteiger partial charge in [-0.1, -0.05) is 29.3 Å². The molecule has 19 heavy (non-hydrogen) atoms. The van der Waals surface area contributed by atoms with Crippen LogP contribution in [0.5, 0.6) is 0 Å². The molecular formula is C13H16Cl2N2O2. The summed E-state index contributed by atoms with van der Waals surface area (Å²) in [7, 11) is 0. The van der Waals surface area contributed by atoms with Gasteiger partial charge < -0.3 is 10.4 Å². The van der Waals surface area contributed by atoms with E-state index in [2.05, 4.69) is 5.32 Å². The van der Waals surface area contributed by atoms with Crippen molar-refractivity contribution in [2.24, 2.45) is 0 Å². The Labute approximate surface area is 122 Å². The molecule has 0 radical (unpaired) electrons. The molecule has 0 saturated carbocycles. The summed E-state index contributed by atoms with van der Waals surface area (Å²) in [4.78, 5) is 13.6. The number of nitrogens with one attached hydrogen (secondary N) is 1. The zero-order chi connectivity index (χ0) is 14.0. The van der Waals surface area contributed by atoms with Gasteiger partial charge in [-0.2, -0.15) is 0 Å². The standard InChI is InChI=1S/C13H16Cl2N2O2/c1-8-7-16-5-6-17(8)12(13(18)19)11-9(14)3-2-4-10(11)15/h2-4,8,12,16H,5-7H2,1H3,(H,18,19). The molecule has 1 aliphatic heterocycles. The lowest BCUT2D eigenvalue weighted by atomic mass is 10.0. The number of benzene rings is 1. The molecule has 2 N–H and O–H groups in total. The van der Waals surface area contributed by atoms with E-state index in [0.29, 0.717) is 22.2 Å². The molecule has 1 aromatic carbocycles. The highest BCUT2D eigenvalue weighted by Crippen LogP contribution is 2.35. The van der Waals surface area contributed by atoms with Crippen LogP contribution in [0.25, 0.3) is 0 Å². The number of halogens is 2. The number of carboxylic acid groups (broad SMARTS) is 1. The predicted molar refractivity (Wildman–Crippen MR) is 75.9 cm³/mol. The van der Waals surface area contributed by atoms with Crippen LogP contribution in [-0.4, -0.2) is 41.7 Å². The summed E-state index contributed by atoms with van der Waals surface area (Å²) in [5.74, 6) is -0.927. The highest BCUT2D eigenvalue weighted by atomic mass is 35.5. The number of rotatable bonds is 3. The van der Waals surface area contributed by atoms with Gasteiger partial charge in [0.15, 0.2) is 0 Å². The predicted octanol–water partition coefficient (Wildman–Crippen LogP) is 2.41. The maximum Gasteiger partial charge on any atom is 0.325 e. The third kappa shape index (κ3) is 3.03. The van der Waals surface area contributed by atoms with Crippen molar-refractivity contribution in [3.63, 3.8) is 0 Å². The van der Waals surface area contributed by atoms with Crippen LogP contribution in [0.3, 0.4) is 0 Å². The van der Waals surface area contributed by atoms with Gasteiger partial charge in [-0.05, 0) is 19.1 Å². The van der Waals surface area contributed by atoms with Crippen molar-refractivity contribution < 1.29 is 9.90 Å². The van der Waals surface area contributed by atoms with Crippen LogP contribution >= 0.6 is 23.2 Å². The number of aliphatic carboxylic acids is 1. The minimum absolute atomic E-state index is 0.113. The van der Waals surface area contributed by atoms with Crippen molar-refractivity contribution in [1.29, 1.82) is 0 Å². The number of carboxylic acids is 1. The van der Waals surface area contributed by atoms with Crippen LogP contribution in [0.4, 0.5) is 0 Å². The molecule has 0 bridgehead atoms. The third-order valence-electron chi connectivity index (χ3n) is 3.39. The maximum atomic E-state index is 11.7. The number of hydrogen-bond acceptors (Lipinski definition) is 3. The van der Waals surface area contributed by atoms with Gasteiger partial charge in [-0.15, -0.1) is 0 Å². The van der Waals surface area contributed by atoms with E-state index < -0.39 is 12.0 Å². The van der Waals surface area contributed by atoms with Crippen molar-refractivity contribution in [1.82, 2.24) is 10.2 Å². The van der Waals surface area contributed by atoms with Crippen molar-refractivity contribution in [2.45, 2.75) is 19.0 Å². The molecule has 0 aromatic heterocycles. The summed E-state index contributed by atoms with van der Waals surface area (Å²) in [5.41, 5.74) is 0.479. The van der Waals surface area contributed by atoms with Gasteiger partial charge in [0.1, 0.15) is 6.04 Å². The molecule has 2 atom stereocenters. The Hall–Kier alpha value is -0.810. The SMILES string of the molecule is CC1CNCCN1C(C(=O)O)c1c(Cl)cccc1Cl. The maximum absolute atomic E-state index is 11.7. The number of piperazine rings is 1. The summed E-state index contributed by atoms with van der Waals surface area (Å²) >= 11 is 12.3. The highest BCUT2D eigenvalue weighted by Gasteiger charge is 2.34. The van der Waals surface area contributed by atoms with Crippen LogP contribution in [0.2, 0.25) is 10.0 Å². The second-order valence-corrected chi connectivity index (χ2v) is 5.48. The van der Waals surface area contributed by atoms with Gasteiger partial charge in [0.05, 0.1) is 0 Å². The molecule has 104 valence electrons. The lowest BCUT2D eigenvalue weighted by Crippen LogP contribution is -2.52. The fraction of sp³-hybridized carbons (Fsp3) is 0.462. The fourth-order valence-electron chi connectivity index (χ4n) is 2.44. The number of carbonyl (C=O) groups is 1. The average molecular weight is 303 g/mol. The molecule has 1 heterocycles. The average Bonchev–Trinajstić information content (AvgIpc) is 2.35. The van der Waals surface area contributed by atoms with E-state index in [0.717, 1.165) is 13.1 Å². The summed E-state index contributed by atoms with van der Waals surface area (Å²) in [6.45, 7) is 4.16. The van der Waals surface area contributed by atoms with Crippen molar-refractivity contribution in [3.8, 4) is 0 Å². The summed E-state index contributed by atoms with van der Waals surface area (Å²) in [6.07, 6.45) is 0. The van der Waals surface area contributed by atoms with Gasteiger partial charge in [-0.3, -0.25) is 9.69 Å². The normalized spacial score (nSPS) is 22.2. The van der Waals surface area contributed by atoms with Gasteiger partial charge in [0.25, 0.3) is 0 Å². The van der Waals surface area contributed by atoms with Crippen LogP contribution < -0.4 is 5.32 Å². The van der Waals surface area contributed by atoms with E-state index in [1.54, 1.807) is 18.2 Å². The highest BCUT2D eigenvalue weighted by molar-refractivity contribution is 6.36. The van der Waals surface area contributed by atoms with Gasteiger partial charge >= 0.3 is 5.97 Å². The van der Waals surface area contributed by atoms with Crippen LogP contribution in [0.1, 0.15) is 18.5 Å². The number of nitrogens with zero attached hydrogens (tertiary/aromatic N) is 1. The topological polar surface area (TPSA) is 52.6 Å². The molecular weight excluding hydrogens is 287 g/mol. The Bertz CT molecular complexity index is 461. The molecule has 0 spiro atoms. The molecule has 1 saturated heterocycles. The fourth-order valence-corrected chi connectivity index (χ4v) is 3.05. The first kappa shape index (κ1) is 14.6. The third-order valence-corrected chi connectivity index (χ3v) is 4.05. The Kier molecular flexibility index (Phi) is 4.68. The van der Waals surface area contributed by atoms with E-state index in [1.165, 1.54) is 0 Å². The first-order valence-corrected chi connectivity index (χ1v) is 6.91. The first-order chi connectivity index (χ1) is 9.02. The molecule has 1 fully saturated rings. The van der Waals surface area contributed by atoms with E-state index >= 15 is 0 Å². The molecule has 2 unspecified atom stereocenters. The Balaban J connectivity index is 2.42. The van der Waals surface area contributed by atoms with E-state index in [4.69, 9.17) is 23.2 Å². The van der Waals surface area contributed by atoms with E-state index in [9.17, 15) is 9.90 Å². The van der Waals surface area contributed by atoms with Crippen molar-refractivity contribution in [2.75, 3.05) is 19.6 Å². The van der Waals surface area contributed by atoms with Gasteiger partial charge in [-0.25, -0.2) is 0 Å². The quantitative estimate of drug-likeness (QED) is 0.900. The van der Waals surface area contributed by atoms with Gasteiger partial charge in [0, 0.05) is 41.3 Å². The summed E-state index contributed by atoms with van der Waals surface area (Å²) in [5, 5.41) is 13.6. The lowest BCUT2D eigenvalue weighted by molar-refractivity contribution is -0.145. The minimum atomic E-state index is -0.927. The monoisotopic (exact) mass is 302 g/mol. The van der Waals surface area contributed by atoms with E-state index in [1.807, 2.05) is 11.8 Å². The van der Waals surface area contributed by atoms with E-state index in [-0.39, 0.29) is 6.04 Å². The van der Waals surface area contributed by atoms with Crippen LogP contribution in [-0.2, 0) is 4.79 Å². The van der Waals surface area contributed by atoms with Crippen LogP contribution in [0, 0.1) is 0 Å². The zero-order valence-electron chi connectivity index (χ0n) is 10.6. The second-order valence-electron chi connectivity index (χ2n) is 4.67. The number of hydrogen-bond donors (Lipinski definition) is 2. The second kappa shape index (κ2) is 6.09. The molecule has 4 nitrogen and oxygen atoms in total. The molecule has 1 aromatic rings. The molecule has 1 aliphatic rings. The summed E-state index contributed by atoms with van der Waals surface area (Å²) < 4.78 is 0. The lowest BCUT2D eigenvalue weighted by Gasteiger charge is -2.38. The summed E-state index contributed by atoms with van der Waals surface area (Å²) in [6, 6.07) is 4.37. The molecule has 0 aliphatic carbocycles. The minimum Gasteiger partial charge on any atom is -0.480 e. The Morgan fingerprint density at radius 3 is 2.63 bits per heavy atom. The molecule has 6 heteroatoms. The molecule has 0 amide bonds. The van der Waals surface area contributed by atoms with Gasteiger partial charge in [0.2, 0.25) is 0 Å². The Morgan fingerprint density at radius 1 is 1.47 bits per heavy atom.